The zero-order valence-corrected chi connectivity index (χ0v) is 7.48. The molecular weight excluding hydrogens is 164 g/mol. The van der Waals surface area contributed by atoms with E-state index >= 15 is 0 Å². The van der Waals surface area contributed by atoms with Crippen molar-refractivity contribution < 1.29 is 10.2 Å². The maximum Gasteiger partial charge on any atom is 0.0650 e. The molecule has 1 aromatic rings. The van der Waals surface area contributed by atoms with Crippen LogP contribution >= 0.6 is 0 Å². The van der Waals surface area contributed by atoms with E-state index in [9.17, 15) is 5.11 Å². The minimum Gasteiger partial charge on any atom is -0.396 e. The molecule has 0 saturated heterocycles. The van der Waals surface area contributed by atoms with E-state index in [2.05, 4.69) is 6.07 Å². The molecule has 0 aromatic heterocycles. The summed E-state index contributed by atoms with van der Waals surface area (Å²) in [6, 6.07) is 8.08. The molecule has 2 atom stereocenters. The van der Waals surface area contributed by atoms with Crippen LogP contribution in [0.25, 0.3) is 0 Å². The molecule has 2 N–H and O–H groups in total. The summed E-state index contributed by atoms with van der Waals surface area (Å²) >= 11 is 0. The maximum absolute atomic E-state index is 9.73. The predicted molar refractivity (Wildman–Crippen MR) is 50.6 cm³/mol. The highest BCUT2D eigenvalue weighted by atomic mass is 16.3. The lowest BCUT2D eigenvalue weighted by Gasteiger charge is -2.13. The summed E-state index contributed by atoms with van der Waals surface area (Å²) in [5.74, 6) is 0.140. The summed E-state index contributed by atoms with van der Waals surface area (Å²) in [5, 5.41) is 18.6. The molecule has 0 unspecified atom stereocenters. The van der Waals surface area contributed by atoms with Gasteiger partial charge in [-0.15, -0.1) is 0 Å². The molecule has 0 amide bonds. The van der Waals surface area contributed by atoms with Gasteiger partial charge in [0.1, 0.15) is 0 Å². The van der Waals surface area contributed by atoms with Crippen LogP contribution in [-0.2, 0) is 6.42 Å². The molecule has 1 aliphatic rings. The van der Waals surface area contributed by atoms with E-state index in [4.69, 9.17) is 5.11 Å². The lowest BCUT2D eigenvalue weighted by Crippen LogP contribution is -2.14. The molecule has 0 aliphatic heterocycles. The summed E-state index contributed by atoms with van der Waals surface area (Å²) in [6.45, 7) is 0.149. The molecule has 0 bridgehead atoms. The van der Waals surface area contributed by atoms with Crippen LogP contribution in [0.2, 0.25) is 0 Å². The van der Waals surface area contributed by atoms with Gasteiger partial charge in [0.05, 0.1) is 6.10 Å². The highest BCUT2D eigenvalue weighted by molar-refractivity contribution is 5.36. The molecule has 70 valence electrons. The highest BCUT2D eigenvalue weighted by Crippen LogP contribution is 2.35. The van der Waals surface area contributed by atoms with Crippen molar-refractivity contribution in [3.05, 3.63) is 35.4 Å². The molecule has 1 aromatic carbocycles. The zero-order chi connectivity index (χ0) is 9.26. The van der Waals surface area contributed by atoms with Gasteiger partial charge in [-0.05, 0) is 24.0 Å². The quantitative estimate of drug-likeness (QED) is 0.711. The van der Waals surface area contributed by atoms with Crippen LogP contribution in [0.15, 0.2) is 24.3 Å². The smallest absolute Gasteiger partial charge is 0.0650 e. The number of hydrogen-bond donors (Lipinski definition) is 2. The number of aliphatic hydroxyl groups excluding tert-OH is 2. The monoisotopic (exact) mass is 178 g/mol. The Hall–Kier alpha value is -0.860. The third-order valence-electron chi connectivity index (χ3n) is 2.79. The molecule has 0 saturated carbocycles. The van der Waals surface area contributed by atoms with Gasteiger partial charge in [-0.3, -0.25) is 0 Å². The molecule has 0 spiro atoms. The number of aliphatic hydroxyl groups is 2. The molecule has 0 radical (unpaired) electrons. The summed E-state index contributed by atoms with van der Waals surface area (Å²) in [7, 11) is 0. The van der Waals surface area contributed by atoms with Crippen LogP contribution < -0.4 is 0 Å². The van der Waals surface area contributed by atoms with Crippen LogP contribution in [0.4, 0.5) is 0 Å². The second kappa shape index (κ2) is 3.48. The van der Waals surface area contributed by atoms with Gasteiger partial charge in [-0.2, -0.15) is 0 Å². The van der Waals surface area contributed by atoms with Crippen LogP contribution in [0.1, 0.15) is 23.5 Å². The molecule has 13 heavy (non-hydrogen) atoms. The number of fused-ring (bicyclic) bond motifs is 1. The second-order valence-electron chi connectivity index (χ2n) is 3.59. The van der Waals surface area contributed by atoms with E-state index in [1.54, 1.807) is 0 Å². The minimum atomic E-state index is -0.301. The first-order chi connectivity index (χ1) is 6.33. The predicted octanol–water partition coefficient (Wildman–Crippen LogP) is 1.07. The Morgan fingerprint density at radius 3 is 2.85 bits per heavy atom. The molecule has 0 heterocycles. The molecule has 2 nitrogen and oxygen atoms in total. The van der Waals surface area contributed by atoms with E-state index in [-0.39, 0.29) is 18.6 Å². The van der Waals surface area contributed by atoms with Crippen molar-refractivity contribution in [2.45, 2.75) is 24.9 Å². The van der Waals surface area contributed by atoms with Crippen LogP contribution in [0.5, 0.6) is 0 Å². The van der Waals surface area contributed by atoms with E-state index in [1.165, 1.54) is 11.1 Å². The van der Waals surface area contributed by atoms with Crippen molar-refractivity contribution in [1.82, 2.24) is 0 Å². The lowest BCUT2D eigenvalue weighted by atomic mass is 9.97. The molecule has 2 heteroatoms. The lowest BCUT2D eigenvalue weighted by molar-refractivity contribution is 0.139. The summed E-state index contributed by atoms with van der Waals surface area (Å²) in [4.78, 5) is 0. The Labute approximate surface area is 77.8 Å². The van der Waals surface area contributed by atoms with Crippen LogP contribution in [0, 0.1) is 0 Å². The van der Waals surface area contributed by atoms with Gasteiger partial charge >= 0.3 is 0 Å². The van der Waals surface area contributed by atoms with Gasteiger partial charge in [0.25, 0.3) is 0 Å². The van der Waals surface area contributed by atoms with Crippen molar-refractivity contribution in [2.75, 3.05) is 6.61 Å². The molecule has 2 rings (SSSR count). The highest BCUT2D eigenvalue weighted by Gasteiger charge is 2.29. The van der Waals surface area contributed by atoms with Gasteiger partial charge in [-0.25, -0.2) is 0 Å². The Bertz CT molecular complexity index is 296. The molecular formula is C11H14O2. The summed E-state index contributed by atoms with van der Waals surface area (Å²) in [5.41, 5.74) is 2.44. The minimum absolute atomic E-state index is 0.140. The number of hydrogen-bond acceptors (Lipinski definition) is 2. The third kappa shape index (κ3) is 1.47. The molecule has 0 fully saturated rings. The Morgan fingerprint density at radius 1 is 1.31 bits per heavy atom. The fourth-order valence-corrected chi connectivity index (χ4v) is 2.14. The van der Waals surface area contributed by atoms with Crippen molar-refractivity contribution >= 4 is 0 Å². The first-order valence-corrected chi connectivity index (χ1v) is 4.69. The standard InChI is InChI=1S/C11H14O2/c12-6-5-10-9-4-2-1-3-8(9)7-11(10)13/h1-4,10-13H,5-7H2/t10-,11-/m1/s1. The SMILES string of the molecule is OCC[C@@H]1c2ccccc2C[C@H]1O. The Kier molecular flexibility index (Phi) is 2.34. The summed E-state index contributed by atoms with van der Waals surface area (Å²) in [6.07, 6.45) is 1.10. The number of rotatable bonds is 2. The molecule has 1 aliphatic carbocycles. The third-order valence-corrected chi connectivity index (χ3v) is 2.79. The topological polar surface area (TPSA) is 40.5 Å². The van der Waals surface area contributed by atoms with Crippen molar-refractivity contribution in [2.24, 2.45) is 0 Å². The summed E-state index contributed by atoms with van der Waals surface area (Å²) < 4.78 is 0. The van der Waals surface area contributed by atoms with Crippen LogP contribution in [0.3, 0.4) is 0 Å². The zero-order valence-electron chi connectivity index (χ0n) is 7.48. The second-order valence-corrected chi connectivity index (χ2v) is 3.59. The first-order valence-electron chi connectivity index (χ1n) is 4.69. The van der Waals surface area contributed by atoms with Gasteiger partial charge < -0.3 is 10.2 Å². The fourth-order valence-electron chi connectivity index (χ4n) is 2.14. The van der Waals surface area contributed by atoms with E-state index in [1.807, 2.05) is 18.2 Å². The van der Waals surface area contributed by atoms with Gasteiger partial charge in [0, 0.05) is 12.5 Å². The number of benzene rings is 1. The largest absolute Gasteiger partial charge is 0.396 e. The maximum atomic E-state index is 9.73. The van der Waals surface area contributed by atoms with E-state index < -0.39 is 0 Å². The average Bonchev–Trinajstić information content (AvgIpc) is 2.44. The normalized spacial score (nSPS) is 26.0. The van der Waals surface area contributed by atoms with E-state index in [0.717, 1.165) is 6.42 Å². The van der Waals surface area contributed by atoms with Gasteiger partial charge in [-0.1, -0.05) is 24.3 Å². The first kappa shape index (κ1) is 8.73. The fraction of sp³-hybridized carbons (Fsp3) is 0.455. The Balaban J connectivity index is 2.29. The van der Waals surface area contributed by atoms with Gasteiger partial charge in [0.15, 0.2) is 0 Å². The van der Waals surface area contributed by atoms with Crippen molar-refractivity contribution in [3.63, 3.8) is 0 Å². The average molecular weight is 178 g/mol. The van der Waals surface area contributed by atoms with Gasteiger partial charge in [0.2, 0.25) is 0 Å². The van der Waals surface area contributed by atoms with Crippen molar-refractivity contribution in [3.8, 4) is 0 Å². The van der Waals surface area contributed by atoms with E-state index in [0.29, 0.717) is 6.42 Å². The van der Waals surface area contributed by atoms with Crippen molar-refractivity contribution in [1.29, 1.82) is 0 Å². The van der Waals surface area contributed by atoms with Crippen LogP contribution in [-0.4, -0.2) is 22.9 Å². The Morgan fingerprint density at radius 2 is 2.08 bits per heavy atom.